The fourth-order valence-corrected chi connectivity index (χ4v) is 1.48. The molecule has 0 aliphatic rings. The Bertz CT molecular complexity index is 430. The Balaban J connectivity index is 2.49. The first-order valence-electron chi connectivity index (χ1n) is 6.10. The number of carbonyl (C=O) groups is 2. The molecule has 7 heteroatoms. The number of nitrogens with zero attached hydrogens (tertiary/aromatic N) is 2. The van der Waals surface area contributed by atoms with Crippen molar-refractivity contribution in [1.82, 2.24) is 9.78 Å². The lowest BCUT2D eigenvalue weighted by molar-refractivity contribution is -0.145. The zero-order valence-electron chi connectivity index (χ0n) is 11.0. The van der Waals surface area contributed by atoms with Gasteiger partial charge in [-0.15, -0.1) is 0 Å². The number of ether oxygens (including phenoxy) is 2. The summed E-state index contributed by atoms with van der Waals surface area (Å²) >= 11 is 0. The Hall–Kier alpha value is -1.89. The Morgan fingerprint density at radius 2 is 2.05 bits per heavy atom. The second-order valence-corrected chi connectivity index (χ2v) is 3.83. The van der Waals surface area contributed by atoms with Crippen molar-refractivity contribution in [2.45, 2.75) is 32.9 Å². The van der Waals surface area contributed by atoms with Gasteiger partial charge >= 0.3 is 11.9 Å². The highest BCUT2D eigenvalue weighted by Crippen LogP contribution is 2.04. The molecular weight excluding hydrogens is 252 g/mol. The average Bonchev–Trinajstić information content (AvgIpc) is 2.77. The lowest BCUT2D eigenvalue weighted by Gasteiger charge is -2.09. The third-order valence-corrected chi connectivity index (χ3v) is 2.25. The summed E-state index contributed by atoms with van der Waals surface area (Å²) in [5.74, 6) is -0.929. The van der Waals surface area contributed by atoms with Crippen LogP contribution in [-0.4, -0.2) is 46.1 Å². The summed E-state index contributed by atoms with van der Waals surface area (Å²) in [4.78, 5) is 22.6. The highest BCUT2D eigenvalue weighted by atomic mass is 16.5. The summed E-state index contributed by atoms with van der Waals surface area (Å²) in [7, 11) is 0. The third-order valence-electron chi connectivity index (χ3n) is 2.25. The molecule has 7 nitrogen and oxygen atoms in total. The minimum absolute atomic E-state index is 0.109. The van der Waals surface area contributed by atoms with Crippen molar-refractivity contribution >= 4 is 11.9 Å². The van der Waals surface area contributed by atoms with E-state index in [9.17, 15) is 14.7 Å². The van der Waals surface area contributed by atoms with E-state index in [4.69, 9.17) is 9.47 Å². The van der Waals surface area contributed by atoms with Gasteiger partial charge in [0.1, 0.15) is 0 Å². The first-order valence-corrected chi connectivity index (χ1v) is 6.10. The largest absolute Gasteiger partial charge is 0.466 e. The molecule has 1 atom stereocenters. The van der Waals surface area contributed by atoms with Crippen molar-refractivity contribution in [3.05, 3.63) is 18.0 Å². The molecular formula is C12H18N2O5. The first-order chi connectivity index (χ1) is 9.06. The van der Waals surface area contributed by atoms with Crippen molar-refractivity contribution in [2.24, 2.45) is 0 Å². The number of aliphatic hydroxyl groups is 1. The number of carbonyl (C=O) groups excluding carboxylic acids is 2. The highest BCUT2D eigenvalue weighted by Gasteiger charge is 2.14. The topological polar surface area (TPSA) is 90.7 Å². The van der Waals surface area contributed by atoms with E-state index >= 15 is 0 Å². The van der Waals surface area contributed by atoms with Crippen LogP contribution in [0.4, 0.5) is 0 Å². The maximum absolute atomic E-state index is 11.4. The lowest BCUT2D eigenvalue weighted by Crippen LogP contribution is -2.21. The fourth-order valence-electron chi connectivity index (χ4n) is 1.48. The van der Waals surface area contributed by atoms with Crippen molar-refractivity contribution in [2.75, 3.05) is 13.2 Å². The summed E-state index contributed by atoms with van der Waals surface area (Å²) < 4.78 is 10.9. The molecule has 0 amide bonds. The number of hydrogen-bond donors (Lipinski definition) is 1. The molecule has 1 N–H and O–H groups in total. The van der Waals surface area contributed by atoms with E-state index in [0.717, 1.165) is 0 Å². The highest BCUT2D eigenvalue weighted by molar-refractivity contribution is 5.88. The van der Waals surface area contributed by atoms with Gasteiger partial charge in [-0.3, -0.25) is 9.48 Å². The molecule has 0 saturated carbocycles. The molecule has 106 valence electrons. The summed E-state index contributed by atoms with van der Waals surface area (Å²) in [6, 6.07) is 0. The van der Waals surface area contributed by atoms with Crippen molar-refractivity contribution in [1.29, 1.82) is 0 Å². The molecule has 0 saturated heterocycles. The molecule has 0 aliphatic heterocycles. The van der Waals surface area contributed by atoms with Gasteiger partial charge in [0.15, 0.2) is 0 Å². The molecule has 19 heavy (non-hydrogen) atoms. The molecule has 0 spiro atoms. The van der Waals surface area contributed by atoms with Gasteiger partial charge in [-0.2, -0.15) is 5.10 Å². The Labute approximate surface area is 111 Å². The number of esters is 2. The van der Waals surface area contributed by atoms with E-state index in [0.29, 0.717) is 5.56 Å². The standard InChI is InChI=1S/C12H18N2O5/c1-3-18-11(16)5-10(15)8-14-7-9(6-13-14)12(17)19-4-2/h6-7,10,15H,3-5,8H2,1-2H3. The molecule has 0 fully saturated rings. The van der Waals surface area contributed by atoms with Crippen LogP contribution < -0.4 is 0 Å². The molecule has 1 aromatic rings. The van der Waals surface area contributed by atoms with E-state index in [2.05, 4.69) is 5.10 Å². The zero-order chi connectivity index (χ0) is 14.3. The van der Waals surface area contributed by atoms with Crippen molar-refractivity contribution < 1.29 is 24.2 Å². The molecule has 0 aromatic carbocycles. The predicted molar refractivity (Wildman–Crippen MR) is 65.4 cm³/mol. The maximum Gasteiger partial charge on any atom is 0.341 e. The summed E-state index contributed by atoms with van der Waals surface area (Å²) in [5.41, 5.74) is 0.310. The average molecular weight is 270 g/mol. The summed E-state index contributed by atoms with van der Waals surface area (Å²) in [6.45, 7) is 4.09. The van der Waals surface area contributed by atoms with Crippen LogP contribution in [-0.2, 0) is 20.8 Å². The van der Waals surface area contributed by atoms with Gasteiger partial charge in [-0.1, -0.05) is 0 Å². The monoisotopic (exact) mass is 270 g/mol. The van der Waals surface area contributed by atoms with Crippen LogP contribution in [0.25, 0.3) is 0 Å². The first kappa shape index (κ1) is 15.2. The van der Waals surface area contributed by atoms with Crippen molar-refractivity contribution in [3.8, 4) is 0 Å². The molecule has 1 rings (SSSR count). The van der Waals surface area contributed by atoms with Gasteiger partial charge in [0.2, 0.25) is 0 Å². The quantitative estimate of drug-likeness (QED) is 0.720. The molecule has 1 unspecified atom stereocenters. The molecule has 0 bridgehead atoms. The smallest absolute Gasteiger partial charge is 0.341 e. The van der Waals surface area contributed by atoms with Crippen LogP contribution in [0.15, 0.2) is 12.4 Å². The van der Waals surface area contributed by atoms with Crippen LogP contribution in [0.3, 0.4) is 0 Å². The van der Waals surface area contributed by atoms with E-state index in [-0.39, 0.29) is 26.2 Å². The lowest BCUT2D eigenvalue weighted by atomic mass is 10.2. The van der Waals surface area contributed by atoms with Crippen LogP contribution in [0.2, 0.25) is 0 Å². The SMILES string of the molecule is CCOC(=O)CC(O)Cn1cc(C(=O)OCC)cn1. The second kappa shape index (κ2) is 7.52. The van der Waals surface area contributed by atoms with Crippen LogP contribution in [0, 0.1) is 0 Å². The van der Waals surface area contributed by atoms with E-state index in [1.54, 1.807) is 13.8 Å². The van der Waals surface area contributed by atoms with Gasteiger partial charge in [-0.05, 0) is 13.8 Å². The Kier molecular flexibility index (Phi) is 6.01. The van der Waals surface area contributed by atoms with Gasteiger partial charge in [0, 0.05) is 6.20 Å². The fraction of sp³-hybridized carbons (Fsp3) is 0.583. The van der Waals surface area contributed by atoms with E-state index in [1.807, 2.05) is 0 Å². The van der Waals surface area contributed by atoms with Gasteiger partial charge in [-0.25, -0.2) is 4.79 Å². The second-order valence-electron chi connectivity index (χ2n) is 3.83. The third kappa shape index (κ3) is 5.09. The number of aromatic nitrogens is 2. The van der Waals surface area contributed by atoms with E-state index < -0.39 is 18.0 Å². The van der Waals surface area contributed by atoms with Crippen LogP contribution in [0.1, 0.15) is 30.6 Å². The molecule has 1 heterocycles. The van der Waals surface area contributed by atoms with Gasteiger partial charge < -0.3 is 14.6 Å². The number of aliphatic hydroxyl groups excluding tert-OH is 1. The van der Waals surface area contributed by atoms with Crippen LogP contribution in [0.5, 0.6) is 0 Å². The summed E-state index contributed by atoms with van der Waals surface area (Å²) in [5, 5.41) is 13.6. The number of rotatable bonds is 7. The van der Waals surface area contributed by atoms with Gasteiger partial charge in [0.25, 0.3) is 0 Å². The molecule has 1 aromatic heterocycles. The van der Waals surface area contributed by atoms with Gasteiger partial charge in [0.05, 0.1) is 44.0 Å². The van der Waals surface area contributed by atoms with E-state index in [1.165, 1.54) is 17.1 Å². The minimum Gasteiger partial charge on any atom is -0.466 e. The van der Waals surface area contributed by atoms with Crippen molar-refractivity contribution in [3.63, 3.8) is 0 Å². The predicted octanol–water partition coefficient (Wildman–Crippen LogP) is 0.374. The normalized spacial score (nSPS) is 11.9. The molecule has 0 aliphatic carbocycles. The minimum atomic E-state index is -0.908. The van der Waals surface area contributed by atoms with Crippen LogP contribution >= 0.6 is 0 Å². The maximum atomic E-state index is 11.4. The Morgan fingerprint density at radius 1 is 1.37 bits per heavy atom. The number of hydrogen-bond acceptors (Lipinski definition) is 6. The molecule has 0 radical (unpaired) electrons. The summed E-state index contributed by atoms with van der Waals surface area (Å²) in [6.07, 6.45) is 1.80. The zero-order valence-corrected chi connectivity index (χ0v) is 11.0. The Morgan fingerprint density at radius 3 is 2.68 bits per heavy atom.